The first-order valence-electron chi connectivity index (χ1n) is 21.3. The van der Waals surface area contributed by atoms with E-state index in [1.54, 1.807) is 36.4 Å². The Morgan fingerprint density at radius 3 is 1.68 bits per heavy atom. The second-order valence-electron chi connectivity index (χ2n) is 15.8. The number of carbonyl (C=O) groups excluding carboxylic acids is 1. The number of fused-ring (bicyclic) bond motifs is 3. The first-order chi connectivity index (χ1) is 27.2. The molecule has 300 valence electrons. The minimum atomic E-state index is -3.95. The molecule has 0 bridgehead atoms. The van der Waals surface area contributed by atoms with Crippen molar-refractivity contribution in [2.45, 2.75) is 147 Å². The van der Waals surface area contributed by atoms with Crippen molar-refractivity contribution in [2.24, 2.45) is 5.10 Å². The third-order valence-electron chi connectivity index (χ3n) is 11.6. The zero-order valence-corrected chi connectivity index (χ0v) is 35.2. The first kappa shape index (κ1) is 42.9. The Labute approximate surface area is 337 Å². The fraction of sp³-hybridized carbons (Fsp3) is 0.469. The van der Waals surface area contributed by atoms with Gasteiger partial charge in [-0.05, 0) is 72.4 Å². The summed E-state index contributed by atoms with van der Waals surface area (Å²) < 4.78 is 32.0. The van der Waals surface area contributed by atoms with Crippen LogP contribution in [0.1, 0.15) is 168 Å². The smallest absolute Gasteiger partial charge is 0.337 e. The van der Waals surface area contributed by atoms with Gasteiger partial charge in [0.15, 0.2) is 0 Å². The van der Waals surface area contributed by atoms with Gasteiger partial charge in [-0.1, -0.05) is 183 Å². The van der Waals surface area contributed by atoms with Crippen LogP contribution in [0.25, 0.3) is 11.1 Å². The fourth-order valence-corrected chi connectivity index (χ4v) is 9.25. The maximum absolute atomic E-state index is 13.5. The van der Waals surface area contributed by atoms with E-state index < -0.39 is 16.0 Å². The second kappa shape index (κ2) is 21.3. The van der Waals surface area contributed by atoms with Gasteiger partial charge in [0, 0.05) is 16.5 Å². The number of nitrogens with zero attached hydrogens (tertiary/aromatic N) is 1. The summed E-state index contributed by atoms with van der Waals surface area (Å²) in [6.45, 7) is 6.47. The Balaban J connectivity index is 1.52. The van der Waals surface area contributed by atoms with E-state index in [1.165, 1.54) is 119 Å². The molecule has 0 fully saturated rings. The van der Waals surface area contributed by atoms with Gasteiger partial charge >= 0.3 is 5.97 Å². The van der Waals surface area contributed by atoms with E-state index in [-0.39, 0.29) is 10.3 Å². The van der Waals surface area contributed by atoms with Crippen molar-refractivity contribution in [3.05, 3.63) is 124 Å². The van der Waals surface area contributed by atoms with Crippen molar-refractivity contribution in [1.82, 2.24) is 4.83 Å². The summed E-state index contributed by atoms with van der Waals surface area (Å²) in [5, 5.41) is 4.65. The highest BCUT2D eigenvalue weighted by molar-refractivity contribution is 7.89. The third kappa shape index (κ3) is 11.0. The van der Waals surface area contributed by atoms with Crippen LogP contribution < -0.4 is 4.83 Å². The molecule has 0 radical (unpaired) electrons. The fourth-order valence-electron chi connectivity index (χ4n) is 8.44. The summed E-state index contributed by atoms with van der Waals surface area (Å²) in [7, 11) is -2.59. The van der Waals surface area contributed by atoms with Crippen LogP contribution in [0.3, 0.4) is 0 Å². The predicted molar refractivity (Wildman–Crippen MR) is 232 cm³/mol. The van der Waals surface area contributed by atoms with Gasteiger partial charge in [-0.25, -0.2) is 4.79 Å². The Morgan fingerprint density at radius 2 is 1.11 bits per heavy atom. The lowest BCUT2D eigenvalue weighted by Crippen LogP contribution is -2.26. The summed E-state index contributed by atoms with van der Waals surface area (Å²) in [6, 6.07) is 29.3. The van der Waals surface area contributed by atoms with E-state index in [0.29, 0.717) is 16.8 Å². The number of hydrogen-bond donors (Lipinski definition) is 1. The minimum Gasteiger partial charge on any atom is -0.465 e. The number of benzene rings is 4. The van der Waals surface area contributed by atoms with E-state index in [1.807, 2.05) is 19.1 Å². The molecule has 0 saturated heterocycles. The highest BCUT2D eigenvalue weighted by atomic mass is 32.2. The molecule has 1 aliphatic rings. The molecule has 0 amide bonds. The van der Waals surface area contributed by atoms with Gasteiger partial charge in [-0.2, -0.15) is 18.4 Å². The Hall–Kier alpha value is -4.23. The maximum atomic E-state index is 13.5. The minimum absolute atomic E-state index is 0.145. The van der Waals surface area contributed by atoms with E-state index in [4.69, 9.17) is 4.74 Å². The number of unbranched alkanes of at least 4 members (excludes halogenated alkanes) is 14. The monoisotopic (exact) mass is 776 g/mol. The van der Waals surface area contributed by atoms with Gasteiger partial charge in [0.2, 0.25) is 0 Å². The van der Waals surface area contributed by atoms with Gasteiger partial charge in [0.1, 0.15) is 0 Å². The topological polar surface area (TPSA) is 84.8 Å². The lowest BCUT2D eigenvalue weighted by Gasteiger charge is -2.33. The van der Waals surface area contributed by atoms with Crippen molar-refractivity contribution in [1.29, 1.82) is 0 Å². The number of hydrogen-bond acceptors (Lipinski definition) is 5. The number of rotatable bonds is 24. The highest BCUT2D eigenvalue weighted by Gasteiger charge is 2.42. The van der Waals surface area contributed by atoms with Crippen LogP contribution in [-0.2, 0) is 20.2 Å². The molecule has 1 N–H and O–H groups in total. The molecule has 0 aromatic heterocycles. The summed E-state index contributed by atoms with van der Waals surface area (Å²) in [6.07, 6.45) is 22.6. The molecule has 7 heteroatoms. The molecule has 4 aromatic rings. The third-order valence-corrected chi connectivity index (χ3v) is 12.9. The van der Waals surface area contributed by atoms with E-state index in [0.717, 1.165) is 36.8 Å². The Kier molecular flexibility index (Phi) is 16.3. The van der Waals surface area contributed by atoms with E-state index >= 15 is 0 Å². The molecule has 0 heterocycles. The first-order valence-corrected chi connectivity index (χ1v) is 22.8. The van der Waals surface area contributed by atoms with Crippen LogP contribution in [0.4, 0.5) is 0 Å². The summed E-state index contributed by atoms with van der Waals surface area (Å²) in [5.41, 5.74) is 8.52. The van der Waals surface area contributed by atoms with Crippen LogP contribution in [0, 0.1) is 6.92 Å². The lowest BCUT2D eigenvalue weighted by atomic mass is 9.70. The molecular formula is C49H64N2O4S. The average Bonchev–Trinajstić information content (AvgIpc) is 3.48. The molecule has 0 spiro atoms. The average molecular weight is 777 g/mol. The van der Waals surface area contributed by atoms with Gasteiger partial charge < -0.3 is 4.74 Å². The van der Waals surface area contributed by atoms with Gasteiger partial charge in [-0.3, -0.25) is 0 Å². The van der Waals surface area contributed by atoms with E-state index in [9.17, 15) is 13.2 Å². The van der Waals surface area contributed by atoms with Crippen molar-refractivity contribution in [3.8, 4) is 11.1 Å². The molecule has 0 saturated carbocycles. The van der Waals surface area contributed by atoms with Crippen molar-refractivity contribution >= 4 is 21.7 Å². The lowest BCUT2D eigenvalue weighted by molar-refractivity contribution is 0.0600. The number of nitrogens with one attached hydrogen (secondary N) is 1. The Morgan fingerprint density at radius 1 is 0.607 bits per heavy atom. The van der Waals surface area contributed by atoms with Crippen LogP contribution in [0.15, 0.2) is 101 Å². The van der Waals surface area contributed by atoms with Crippen LogP contribution in [0.2, 0.25) is 0 Å². The normalized spacial score (nSPS) is 13.3. The van der Waals surface area contributed by atoms with Crippen LogP contribution in [-0.4, -0.2) is 27.2 Å². The number of carbonyl (C=O) groups is 1. The molecule has 4 aromatic carbocycles. The molecule has 0 unspecified atom stereocenters. The SMILES string of the molecule is CCCCCCCCCCC1(CCCCCCCCCC)c2ccccc2-c2ccc(/C(=N/NS(=O)(=O)c3ccc(C)cc3)c3ccc(C(=O)OC)cc3)cc21. The van der Waals surface area contributed by atoms with Crippen molar-refractivity contribution in [3.63, 3.8) is 0 Å². The zero-order chi connectivity index (χ0) is 39.8. The second-order valence-corrected chi connectivity index (χ2v) is 17.4. The number of ether oxygens (including phenoxy) is 1. The van der Waals surface area contributed by atoms with Gasteiger partial charge in [-0.15, -0.1) is 0 Å². The number of esters is 1. The quantitative estimate of drug-likeness (QED) is 0.0332. The number of sulfonamides is 1. The maximum Gasteiger partial charge on any atom is 0.337 e. The van der Waals surface area contributed by atoms with E-state index in [2.05, 4.69) is 66.2 Å². The molecule has 0 atom stereocenters. The van der Waals surface area contributed by atoms with Gasteiger partial charge in [0.05, 0.1) is 23.3 Å². The molecule has 56 heavy (non-hydrogen) atoms. The molecular weight excluding hydrogens is 713 g/mol. The molecule has 1 aliphatic carbocycles. The summed E-state index contributed by atoms with van der Waals surface area (Å²) in [5.74, 6) is -0.433. The zero-order valence-electron chi connectivity index (χ0n) is 34.4. The predicted octanol–water partition coefficient (Wildman–Crippen LogP) is 12.8. The Bertz CT molecular complexity index is 1960. The summed E-state index contributed by atoms with van der Waals surface area (Å²) >= 11 is 0. The van der Waals surface area contributed by atoms with Crippen molar-refractivity contribution < 1.29 is 17.9 Å². The standard InChI is InChI=1S/C49H64N2O4S/c1-5-7-9-11-13-15-17-21-35-49(36-22-18-16-14-12-10-8-6-2)45-24-20-19-23-43(45)44-34-31-41(37-46(44)49)47(39-27-29-40(30-28-39)48(52)55-4)50-51-56(53,54)42-32-25-38(3)26-33-42/h19-20,23-34,37,51H,5-18,21-22,35-36H2,1-4H3/b50-47+. The van der Waals surface area contributed by atoms with Crippen LogP contribution >= 0.6 is 0 Å². The largest absolute Gasteiger partial charge is 0.465 e. The molecule has 6 nitrogen and oxygen atoms in total. The molecule has 0 aliphatic heterocycles. The highest BCUT2D eigenvalue weighted by Crippen LogP contribution is 2.54. The molecule has 5 rings (SSSR count). The van der Waals surface area contributed by atoms with Gasteiger partial charge in [0.25, 0.3) is 10.0 Å². The van der Waals surface area contributed by atoms with Crippen molar-refractivity contribution in [2.75, 3.05) is 7.11 Å². The number of methoxy groups -OCH3 is 1. The van der Waals surface area contributed by atoms with Crippen LogP contribution in [0.5, 0.6) is 0 Å². The number of hydrazone groups is 1. The summed E-state index contributed by atoms with van der Waals surface area (Å²) in [4.78, 5) is 15.0. The number of aryl methyl sites for hydroxylation is 1.